The van der Waals surface area contributed by atoms with Crippen LogP contribution in [0.4, 0.5) is 0 Å². The minimum absolute atomic E-state index is 0.0121. The van der Waals surface area contributed by atoms with Crippen LogP contribution in [0.2, 0.25) is 39.3 Å². The number of ether oxygens (including phenoxy) is 3. The Morgan fingerprint density at radius 3 is 1.70 bits per heavy atom. The Kier molecular flexibility index (Phi) is 17.1. The molecule has 262 valence electrons. The Balaban J connectivity index is 2.46. The number of nitrogens with zero attached hydrogens (tertiary/aromatic N) is 1. The molecule has 0 aromatic carbocycles. The van der Waals surface area contributed by atoms with E-state index in [1.807, 2.05) is 0 Å². The number of hydrogen-bond acceptors (Lipinski definition) is 10. The highest BCUT2D eigenvalue weighted by molar-refractivity contribution is 7.44. The van der Waals surface area contributed by atoms with Crippen molar-refractivity contribution in [3.63, 3.8) is 0 Å². The van der Waals surface area contributed by atoms with E-state index in [-0.39, 0.29) is 24.8 Å². The van der Waals surface area contributed by atoms with Gasteiger partial charge in [-0.3, -0.25) is 0 Å². The first-order valence-electron chi connectivity index (χ1n) is 16.8. The van der Waals surface area contributed by atoms with Crippen molar-refractivity contribution in [3.8, 4) is 0 Å². The first-order valence-corrected chi connectivity index (χ1v) is 26.3. The Morgan fingerprint density at radius 2 is 1.30 bits per heavy atom. The minimum Gasteiger partial charge on any atom is -0.395 e. The molecule has 0 aromatic rings. The summed E-state index contributed by atoms with van der Waals surface area (Å²) >= 11 is 0. The van der Waals surface area contributed by atoms with Crippen molar-refractivity contribution in [1.29, 1.82) is 0 Å². The Hall–Kier alpha value is 0.681. The quantitative estimate of drug-likeness (QED) is 0.110. The summed E-state index contributed by atoms with van der Waals surface area (Å²) in [5.74, 6) is -1.27. The maximum Gasteiger partial charge on any atom is 0.658 e. The third-order valence-electron chi connectivity index (χ3n) is 7.63. The van der Waals surface area contributed by atoms with Crippen LogP contribution in [-0.4, -0.2) is 94.7 Å². The molecular weight excluding hydrogens is 634 g/mol. The molecule has 44 heavy (non-hydrogen) atoms. The van der Waals surface area contributed by atoms with Crippen molar-refractivity contribution in [2.45, 2.75) is 168 Å². The third kappa shape index (κ3) is 13.3. The largest absolute Gasteiger partial charge is 0.658 e. The van der Waals surface area contributed by atoms with E-state index in [9.17, 15) is 0 Å². The fraction of sp³-hybridized carbons (Fsp3) is 1.00. The highest BCUT2D eigenvalue weighted by atomic mass is 31.2. The maximum atomic E-state index is 7.03. The van der Waals surface area contributed by atoms with E-state index in [1.54, 1.807) is 21.3 Å². The second kappa shape index (κ2) is 18.4. The summed E-state index contributed by atoms with van der Waals surface area (Å²) in [6.45, 7) is 21.5. The first kappa shape index (κ1) is 40.9. The summed E-state index contributed by atoms with van der Waals surface area (Å²) in [6, 6.07) is 0.437. The molecule has 2 fully saturated rings. The summed E-state index contributed by atoms with van der Waals surface area (Å²) in [5, 5.41) is 0. The van der Waals surface area contributed by atoms with Crippen LogP contribution in [-0.2, 0) is 40.3 Å². The van der Waals surface area contributed by atoms with Gasteiger partial charge in [0.25, 0.3) is 8.53 Å². The zero-order valence-electron chi connectivity index (χ0n) is 30.2. The molecule has 0 bridgehead atoms. The molecule has 2 rings (SSSR count). The van der Waals surface area contributed by atoms with Gasteiger partial charge in [-0.25, -0.2) is 4.67 Å². The molecule has 1 aliphatic heterocycles. The second-order valence-corrected chi connectivity index (χ2v) is 27.7. The van der Waals surface area contributed by atoms with Crippen LogP contribution in [0.5, 0.6) is 0 Å². The van der Waals surface area contributed by atoms with Crippen molar-refractivity contribution in [2.24, 2.45) is 0 Å². The molecule has 4 atom stereocenters. The number of methoxy groups -OCH3 is 2. The monoisotopic (exact) mass is 699 g/mol. The lowest BCUT2D eigenvalue weighted by atomic mass is 9.99. The minimum atomic E-state index is -3.69. The van der Waals surface area contributed by atoms with Gasteiger partial charge in [-0.1, -0.05) is 44.9 Å². The van der Waals surface area contributed by atoms with Crippen LogP contribution < -0.4 is 0 Å². The van der Waals surface area contributed by atoms with E-state index in [4.69, 9.17) is 40.3 Å². The molecule has 0 N–H and O–H groups in total. The first-order chi connectivity index (χ1) is 20.5. The van der Waals surface area contributed by atoms with E-state index >= 15 is 0 Å². The fourth-order valence-corrected chi connectivity index (χ4v) is 15.9. The summed E-state index contributed by atoms with van der Waals surface area (Å²) in [4.78, 5) is 0. The van der Waals surface area contributed by atoms with Gasteiger partial charge >= 0.3 is 9.05 Å². The molecule has 14 heteroatoms. The maximum absolute atomic E-state index is 7.03. The van der Waals surface area contributed by atoms with Crippen LogP contribution in [0.3, 0.4) is 0 Å². The van der Waals surface area contributed by atoms with Gasteiger partial charge in [0, 0.05) is 39.8 Å². The number of hydrogen-bond donors (Lipinski definition) is 0. The van der Waals surface area contributed by atoms with Gasteiger partial charge in [-0.2, -0.15) is 0 Å². The van der Waals surface area contributed by atoms with Crippen LogP contribution >= 0.6 is 8.53 Å². The van der Waals surface area contributed by atoms with Crippen LogP contribution in [0.1, 0.15) is 91.9 Å². The molecule has 1 aliphatic carbocycles. The Labute approximate surface area is 274 Å². The van der Waals surface area contributed by atoms with Gasteiger partial charge in [0.2, 0.25) is 5.79 Å². The molecule has 0 spiro atoms. The molecule has 0 radical (unpaired) electrons. The zero-order valence-corrected chi connectivity index (χ0v) is 34.1. The zero-order chi connectivity index (χ0) is 33.2. The normalized spacial score (nSPS) is 26.2. The van der Waals surface area contributed by atoms with E-state index < -0.39 is 52.4 Å². The molecule has 0 aromatic heterocycles. The molecule has 1 saturated heterocycles. The van der Waals surface area contributed by atoms with Crippen molar-refractivity contribution in [1.82, 2.24) is 4.67 Å². The molecular formula is C30H66NO9PSi3. The van der Waals surface area contributed by atoms with Gasteiger partial charge in [0.05, 0.1) is 12.7 Å². The summed E-state index contributed by atoms with van der Waals surface area (Å²) in [7, 11) is -4.54. The van der Waals surface area contributed by atoms with Gasteiger partial charge in [0.15, 0.2) is 22.9 Å². The fourth-order valence-electron chi connectivity index (χ4n) is 5.80. The van der Waals surface area contributed by atoms with Crippen molar-refractivity contribution >= 4 is 34.2 Å². The average Bonchev–Trinajstić information content (AvgIpc) is 3.26. The molecule has 0 amide bonds. The Bertz CT molecular complexity index is 784. The number of rotatable bonds is 17. The molecule has 2 aliphatic rings. The molecule has 1 heterocycles. The van der Waals surface area contributed by atoms with E-state index in [0.717, 1.165) is 25.7 Å². The van der Waals surface area contributed by atoms with E-state index in [1.165, 1.54) is 32.1 Å². The summed E-state index contributed by atoms with van der Waals surface area (Å²) in [6.07, 6.45) is 9.98. The summed E-state index contributed by atoms with van der Waals surface area (Å²) < 4.78 is 60.9. The smallest absolute Gasteiger partial charge is 0.395 e. The highest BCUT2D eigenvalue weighted by Gasteiger charge is 2.59. The van der Waals surface area contributed by atoms with Crippen molar-refractivity contribution in [2.75, 3.05) is 27.9 Å². The standard InChI is InChI=1S/C30H66NO9PSi3/c1-25(2)31(26(3)4)41(34-7)37-28-23-29(32-5)36-30(28,33-6)24-35-44(39-42(8,9)10,40-43(11,12)13)38-27-21-19-17-15-14-16-18-20-22-27/h25-29H,14-24H2,1-13H3/t28-,29+,30+,41?/m0/s1. The second-order valence-electron chi connectivity index (χ2n) is 14.6. The highest BCUT2D eigenvalue weighted by Crippen LogP contribution is 2.50. The van der Waals surface area contributed by atoms with Crippen molar-refractivity contribution < 1.29 is 40.3 Å². The topological polar surface area (TPSA) is 86.3 Å². The summed E-state index contributed by atoms with van der Waals surface area (Å²) in [5.41, 5.74) is 0. The SMILES string of the molecule is CO[C@H]1C[C@H](OP(OC)N(C(C)C)C(C)C)[C@](CO[Si](OC2CCCCCCCCC2)(O[Si](C)(C)C)O[Si](C)(C)C)(OC)O1. The lowest BCUT2D eigenvalue weighted by molar-refractivity contribution is -0.288. The third-order valence-corrected chi connectivity index (χ3v) is 17.7. The van der Waals surface area contributed by atoms with Crippen molar-refractivity contribution in [3.05, 3.63) is 0 Å². The molecule has 1 unspecified atom stereocenters. The van der Waals surface area contributed by atoms with E-state index in [2.05, 4.69) is 71.6 Å². The van der Waals surface area contributed by atoms with Gasteiger partial charge in [0.1, 0.15) is 6.10 Å². The molecule has 10 nitrogen and oxygen atoms in total. The predicted molar refractivity (Wildman–Crippen MR) is 184 cm³/mol. The van der Waals surface area contributed by atoms with Gasteiger partial charge in [-0.05, 0) is 79.8 Å². The van der Waals surface area contributed by atoms with E-state index in [0.29, 0.717) is 6.42 Å². The lowest BCUT2D eigenvalue weighted by Crippen LogP contribution is -2.62. The average molecular weight is 700 g/mol. The van der Waals surface area contributed by atoms with Crippen LogP contribution in [0, 0.1) is 0 Å². The molecule has 1 saturated carbocycles. The Morgan fingerprint density at radius 1 is 0.795 bits per heavy atom. The van der Waals surface area contributed by atoms with Crippen LogP contribution in [0.15, 0.2) is 0 Å². The van der Waals surface area contributed by atoms with Gasteiger partial charge < -0.3 is 40.3 Å². The lowest BCUT2D eigenvalue weighted by Gasteiger charge is -2.42. The van der Waals surface area contributed by atoms with Gasteiger partial charge in [-0.15, -0.1) is 0 Å². The predicted octanol–water partition coefficient (Wildman–Crippen LogP) is 8.16. The van der Waals surface area contributed by atoms with Crippen LogP contribution in [0.25, 0.3) is 0 Å².